The van der Waals surface area contributed by atoms with Crippen LogP contribution in [0, 0.1) is 5.41 Å². The third-order valence-electron chi connectivity index (χ3n) is 2.79. The Morgan fingerprint density at radius 1 is 1.35 bits per heavy atom. The van der Waals surface area contributed by atoms with Gasteiger partial charge in [-0.2, -0.15) is 0 Å². The van der Waals surface area contributed by atoms with Gasteiger partial charge in [-0.25, -0.2) is 0 Å². The van der Waals surface area contributed by atoms with Crippen molar-refractivity contribution >= 4 is 5.91 Å². The molecule has 102 valence electrons. The topological polar surface area (TPSA) is 61.4 Å². The first-order valence-electron chi connectivity index (χ1n) is 6.55. The summed E-state index contributed by atoms with van der Waals surface area (Å²) in [7, 11) is 0. The third-order valence-corrected chi connectivity index (χ3v) is 2.79. The van der Waals surface area contributed by atoms with Gasteiger partial charge in [0.1, 0.15) is 0 Å². The average molecular weight is 244 g/mol. The molecule has 0 saturated heterocycles. The third kappa shape index (κ3) is 8.16. The van der Waals surface area contributed by atoms with E-state index in [9.17, 15) is 4.79 Å². The standard InChI is InChI=1S/C13H28N2O2/c1-5-6-7-8-14-12(17)11(2)15-9-13(3,4)10-16/h11,15-16H,5-10H2,1-4H3,(H,14,17). The van der Waals surface area contributed by atoms with Crippen LogP contribution in [0.4, 0.5) is 0 Å². The highest BCUT2D eigenvalue weighted by Crippen LogP contribution is 2.11. The predicted octanol–water partition coefficient (Wildman–Crippen LogP) is 1.29. The van der Waals surface area contributed by atoms with Crippen LogP contribution in [0.15, 0.2) is 0 Å². The van der Waals surface area contributed by atoms with Crippen molar-refractivity contribution < 1.29 is 9.90 Å². The Hall–Kier alpha value is -0.610. The zero-order chi connectivity index (χ0) is 13.3. The molecule has 4 nitrogen and oxygen atoms in total. The Morgan fingerprint density at radius 2 is 2.00 bits per heavy atom. The number of carbonyl (C=O) groups is 1. The monoisotopic (exact) mass is 244 g/mol. The largest absolute Gasteiger partial charge is 0.396 e. The van der Waals surface area contributed by atoms with E-state index < -0.39 is 0 Å². The molecule has 0 saturated carbocycles. The molecule has 0 heterocycles. The summed E-state index contributed by atoms with van der Waals surface area (Å²) in [5.41, 5.74) is -0.184. The molecule has 0 aromatic heterocycles. The predicted molar refractivity (Wildman–Crippen MR) is 70.9 cm³/mol. The molecule has 0 radical (unpaired) electrons. The Bertz CT molecular complexity index is 217. The van der Waals surface area contributed by atoms with Crippen molar-refractivity contribution in [1.29, 1.82) is 0 Å². The number of nitrogens with one attached hydrogen (secondary N) is 2. The van der Waals surface area contributed by atoms with Crippen molar-refractivity contribution in [3.63, 3.8) is 0 Å². The maximum atomic E-state index is 11.7. The van der Waals surface area contributed by atoms with E-state index in [0.29, 0.717) is 6.54 Å². The first kappa shape index (κ1) is 16.4. The number of aliphatic hydroxyl groups excluding tert-OH is 1. The second-order valence-electron chi connectivity index (χ2n) is 5.42. The van der Waals surface area contributed by atoms with Gasteiger partial charge in [-0.3, -0.25) is 4.79 Å². The molecule has 0 aliphatic heterocycles. The van der Waals surface area contributed by atoms with E-state index in [2.05, 4.69) is 17.6 Å². The molecule has 0 aromatic carbocycles. The fourth-order valence-electron chi connectivity index (χ4n) is 1.32. The van der Waals surface area contributed by atoms with Crippen molar-refractivity contribution in [3.05, 3.63) is 0 Å². The maximum absolute atomic E-state index is 11.7. The zero-order valence-corrected chi connectivity index (χ0v) is 11.7. The van der Waals surface area contributed by atoms with E-state index in [-0.39, 0.29) is 24.0 Å². The SMILES string of the molecule is CCCCCNC(=O)C(C)NCC(C)(C)CO. The highest BCUT2D eigenvalue weighted by Gasteiger charge is 2.19. The molecule has 4 heteroatoms. The van der Waals surface area contributed by atoms with E-state index in [1.165, 1.54) is 0 Å². The van der Waals surface area contributed by atoms with Crippen LogP contribution in [0.1, 0.15) is 47.0 Å². The molecule has 0 bridgehead atoms. The fraction of sp³-hybridized carbons (Fsp3) is 0.923. The van der Waals surface area contributed by atoms with Gasteiger partial charge in [-0.1, -0.05) is 33.6 Å². The number of hydrogen-bond donors (Lipinski definition) is 3. The average Bonchev–Trinajstić information content (AvgIpc) is 2.31. The second-order valence-corrected chi connectivity index (χ2v) is 5.42. The lowest BCUT2D eigenvalue weighted by Gasteiger charge is -2.24. The van der Waals surface area contributed by atoms with E-state index in [0.717, 1.165) is 25.8 Å². The maximum Gasteiger partial charge on any atom is 0.236 e. The molecular weight excluding hydrogens is 216 g/mol. The highest BCUT2D eigenvalue weighted by atomic mass is 16.3. The molecule has 17 heavy (non-hydrogen) atoms. The van der Waals surface area contributed by atoms with Crippen molar-refractivity contribution in [2.24, 2.45) is 5.41 Å². The molecule has 1 unspecified atom stereocenters. The van der Waals surface area contributed by atoms with Crippen molar-refractivity contribution in [2.75, 3.05) is 19.7 Å². The van der Waals surface area contributed by atoms with Crippen molar-refractivity contribution in [2.45, 2.75) is 53.0 Å². The van der Waals surface area contributed by atoms with Crippen LogP contribution < -0.4 is 10.6 Å². The van der Waals surface area contributed by atoms with Crippen molar-refractivity contribution in [3.8, 4) is 0 Å². The molecule has 0 aromatic rings. The first-order chi connectivity index (χ1) is 7.93. The molecule has 1 atom stereocenters. The molecule has 0 spiro atoms. The van der Waals surface area contributed by atoms with Crippen LogP contribution >= 0.6 is 0 Å². The fourth-order valence-corrected chi connectivity index (χ4v) is 1.32. The quantitative estimate of drug-likeness (QED) is 0.536. The minimum atomic E-state index is -0.206. The minimum Gasteiger partial charge on any atom is -0.396 e. The smallest absolute Gasteiger partial charge is 0.236 e. The molecule has 0 fully saturated rings. The molecular formula is C13H28N2O2. The number of aliphatic hydroxyl groups is 1. The van der Waals surface area contributed by atoms with Crippen LogP contribution in [-0.2, 0) is 4.79 Å². The van der Waals surface area contributed by atoms with Gasteiger partial charge in [0.05, 0.1) is 6.04 Å². The van der Waals surface area contributed by atoms with Gasteiger partial charge in [-0.15, -0.1) is 0 Å². The van der Waals surface area contributed by atoms with Crippen LogP contribution in [0.2, 0.25) is 0 Å². The lowest BCUT2D eigenvalue weighted by molar-refractivity contribution is -0.122. The van der Waals surface area contributed by atoms with Crippen LogP contribution in [-0.4, -0.2) is 36.8 Å². The van der Waals surface area contributed by atoms with E-state index in [4.69, 9.17) is 5.11 Å². The van der Waals surface area contributed by atoms with Crippen LogP contribution in [0.5, 0.6) is 0 Å². The van der Waals surface area contributed by atoms with Gasteiger partial charge < -0.3 is 15.7 Å². The molecule has 0 aliphatic carbocycles. The number of amides is 1. The number of unbranched alkanes of at least 4 members (excludes halogenated alkanes) is 2. The van der Waals surface area contributed by atoms with Crippen LogP contribution in [0.3, 0.4) is 0 Å². The van der Waals surface area contributed by atoms with E-state index >= 15 is 0 Å². The summed E-state index contributed by atoms with van der Waals surface area (Å²) in [5, 5.41) is 15.2. The second kappa shape index (κ2) is 8.48. The Kier molecular flexibility index (Phi) is 8.17. The Morgan fingerprint density at radius 3 is 2.53 bits per heavy atom. The number of carbonyl (C=O) groups excluding carboxylic acids is 1. The van der Waals surface area contributed by atoms with E-state index in [1.807, 2.05) is 20.8 Å². The summed E-state index contributed by atoms with van der Waals surface area (Å²) in [5.74, 6) is 0.0369. The summed E-state index contributed by atoms with van der Waals surface area (Å²) in [6, 6.07) is -0.206. The van der Waals surface area contributed by atoms with E-state index in [1.54, 1.807) is 0 Å². The van der Waals surface area contributed by atoms with Gasteiger partial charge in [0, 0.05) is 25.1 Å². The lowest BCUT2D eigenvalue weighted by atomic mass is 9.94. The number of rotatable bonds is 9. The minimum absolute atomic E-state index is 0.0369. The molecule has 1 amide bonds. The van der Waals surface area contributed by atoms with Gasteiger partial charge in [-0.05, 0) is 13.3 Å². The summed E-state index contributed by atoms with van der Waals surface area (Å²) in [4.78, 5) is 11.7. The molecule has 0 rings (SSSR count). The van der Waals surface area contributed by atoms with Gasteiger partial charge in [0.25, 0.3) is 0 Å². The van der Waals surface area contributed by atoms with Crippen molar-refractivity contribution in [1.82, 2.24) is 10.6 Å². The Balaban J connectivity index is 3.74. The highest BCUT2D eigenvalue weighted by molar-refractivity contribution is 5.81. The van der Waals surface area contributed by atoms with Gasteiger partial charge >= 0.3 is 0 Å². The molecule has 3 N–H and O–H groups in total. The summed E-state index contributed by atoms with van der Waals surface area (Å²) in [6.07, 6.45) is 3.35. The summed E-state index contributed by atoms with van der Waals surface area (Å²) < 4.78 is 0. The normalized spacial score (nSPS) is 13.5. The summed E-state index contributed by atoms with van der Waals surface area (Å²) in [6.45, 7) is 9.42. The first-order valence-corrected chi connectivity index (χ1v) is 6.55. The van der Waals surface area contributed by atoms with Gasteiger partial charge in [0.2, 0.25) is 5.91 Å². The summed E-state index contributed by atoms with van der Waals surface area (Å²) >= 11 is 0. The van der Waals surface area contributed by atoms with Gasteiger partial charge in [0.15, 0.2) is 0 Å². The lowest BCUT2D eigenvalue weighted by Crippen LogP contribution is -2.46. The number of hydrogen-bond acceptors (Lipinski definition) is 3. The zero-order valence-electron chi connectivity index (χ0n) is 11.7. The Labute approximate surface area is 105 Å². The van der Waals surface area contributed by atoms with Crippen LogP contribution in [0.25, 0.3) is 0 Å². The molecule has 0 aliphatic rings.